The molecule has 3 heteroatoms. The molecule has 0 aliphatic heterocycles. The molecule has 0 spiro atoms. The van der Waals surface area contributed by atoms with Crippen LogP contribution in [0.5, 0.6) is 0 Å². The third-order valence-electron chi connectivity index (χ3n) is 1.54. The molecule has 0 saturated heterocycles. The molecule has 1 aromatic heterocycles. The Morgan fingerprint density at radius 1 is 1.58 bits per heavy atom. The van der Waals surface area contributed by atoms with Crippen LogP contribution in [0, 0.1) is 6.92 Å². The fourth-order valence-electron chi connectivity index (χ4n) is 1.05. The normalized spacial score (nSPS) is 12.1. The van der Waals surface area contributed by atoms with Crippen molar-refractivity contribution in [1.82, 2.24) is 0 Å². The molecular weight excluding hydrogens is 234 g/mol. The number of hydrogen-bond acceptors (Lipinski definition) is 2. The molecule has 0 amide bonds. The van der Waals surface area contributed by atoms with Gasteiger partial charge in [0.2, 0.25) is 0 Å². The first kappa shape index (κ1) is 10.2. The van der Waals surface area contributed by atoms with Crippen LogP contribution in [0.25, 0.3) is 0 Å². The first-order chi connectivity index (χ1) is 5.38. The minimum Gasteiger partial charge on any atom is -0.325 e. The fourth-order valence-corrected chi connectivity index (χ4v) is 2.90. The second-order valence-electron chi connectivity index (χ2n) is 3.78. The number of thiophene rings is 1. The molecule has 0 aliphatic rings. The molecule has 0 radical (unpaired) electrons. The maximum absolute atomic E-state index is 5.92. The van der Waals surface area contributed by atoms with Gasteiger partial charge in [-0.3, -0.25) is 0 Å². The van der Waals surface area contributed by atoms with Crippen molar-refractivity contribution >= 4 is 27.3 Å². The van der Waals surface area contributed by atoms with Crippen molar-refractivity contribution in [3.8, 4) is 0 Å². The molecule has 2 N–H and O–H groups in total. The Morgan fingerprint density at radius 2 is 2.17 bits per heavy atom. The summed E-state index contributed by atoms with van der Waals surface area (Å²) in [6.07, 6.45) is 0.949. The molecule has 1 heterocycles. The highest BCUT2D eigenvalue weighted by Gasteiger charge is 2.13. The average molecular weight is 248 g/mol. The van der Waals surface area contributed by atoms with E-state index in [0.717, 1.165) is 6.42 Å². The molecule has 0 fully saturated rings. The number of hydrogen-bond donors (Lipinski definition) is 1. The minimum atomic E-state index is -0.100. The lowest BCUT2D eigenvalue weighted by atomic mass is 10.0. The highest BCUT2D eigenvalue weighted by atomic mass is 79.9. The number of nitrogens with two attached hydrogens (primary N) is 1. The summed E-state index contributed by atoms with van der Waals surface area (Å²) in [6, 6.07) is 2.16. The summed E-state index contributed by atoms with van der Waals surface area (Å²) in [6.45, 7) is 6.22. The Hall–Kier alpha value is 0.140. The summed E-state index contributed by atoms with van der Waals surface area (Å²) >= 11 is 5.31. The highest BCUT2D eigenvalue weighted by Crippen LogP contribution is 2.28. The van der Waals surface area contributed by atoms with E-state index in [-0.39, 0.29) is 5.54 Å². The van der Waals surface area contributed by atoms with Crippen LogP contribution in [0.4, 0.5) is 0 Å². The summed E-state index contributed by atoms with van der Waals surface area (Å²) in [5, 5.41) is 0. The lowest BCUT2D eigenvalue weighted by Gasteiger charge is -2.16. The van der Waals surface area contributed by atoms with Gasteiger partial charge >= 0.3 is 0 Å². The Bertz CT molecular complexity index is 253. The Labute approximate surface area is 86.1 Å². The van der Waals surface area contributed by atoms with E-state index in [4.69, 9.17) is 5.73 Å². The average Bonchev–Trinajstić information content (AvgIpc) is 2.07. The van der Waals surface area contributed by atoms with Crippen molar-refractivity contribution in [2.24, 2.45) is 5.73 Å². The lowest BCUT2D eigenvalue weighted by molar-refractivity contribution is 0.521. The van der Waals surface area contributed by atoms with Crippen molar-refractivity contribution in [3.05, 3.63) is 20.3 Å². The molecule has 0 bridgehead atoms. The predicted octanol–water partition coefficient (Wildman–Crippen LogP) is 3.10. The Balaban J connectivity index is 2.77. The van der Waals surface area contributed by atoms with E-state index in [2.05, 4.69) is 42.8 Å². The van der Waals surface area contributed by atoms with Gasteiger partial charge in [-0.05, 0) is 49.2 Å². The van der Waals surface area contributed by atoms with Gasteiger partial charge in [0, 0.05) is 19.8 Å². The van der Waals surface area contributed by atoms with E-state index >= 15 is 0 Å². The van der Waals surface area contributed by atoms with Crippen LogP contribution in [-0.2, 0) is 6.42 Å². The van der Waals surface area contributed by atoms with Gasteiger partial charge < -0.3 is 5.73 Å². The molecule has 12 heavy (non-hydrogen) atoms. The van der Waals surface area contributed by atoms with Crippen molar-refractivity contribution < 1.29 is 0 Å². The molecule has 0 aromatic carbocycles. The summed E-state index contributed by atoms with van der Waals surface area (Å²) < 4.78 is 1.20. The van der Waals surface area contributed by atoms with Crippen LogP contribution in [-0.4, -0.2) is 5.54 Å². The zero-order chi connectivity index (χ0) is 9.35. The van der Waals surface area contributed by atoms with E-state index in [1.54, 1.807) is 0 Å². The summed E-state index contributed by atoms with van der Waals surface area (Å²) in [4.78, 5) is 2.68. The largest absolute Gasteiger partial charge is 0.325 e. The number of rotatable bonds is 2. The minimum absolute atomic E-state index is 0.100. The molecule has 0 atom stereocenters. The van der Waals surface area contributed by atoms with Crippen LogP contribution >= 0.6 is 27.3 Å². The third-order valence-corrected chi connectivity index (χ3v) is 3.67. The van der Waals surface area contributed by atoms with Crippen LogP contribution in [0.3, 0.4) is 0 Å². The standard InChI is InChI=1S/C9H14BrNS/c1-6-8(10)4-7(12-6)5-9(2,3)11/h4H,5,11H2,1-3H3. The van der Waals surface area contributed by atoms with Gasteiger partial charge in [-0.15, -0.1) is 11.3 Å². The SMILES string of the molecule is Cc1sc(CC(C)(C)N)cc1Br. The first-order valence-electron chi connectivity index (χ1n) is 3.92. The van der Waals surface area contributed by atoms with Crippen LogP contribution in [0.15, 0.2) is 10.5 Å². The molecule has 0 aliphatic carbocycles. The van der Waals surface area contributed by atoms with Gasteiger partial charge in [0.25, 0.3) is 0 Å². The summed E-state index contributed by atoms with van der Waals surface area (Å²) in [7, 11) is 0. The Kier molecular flexibility index (Phi) is 2.97. The van der Waals surface area contributed by atoms with E-state index in [9.17, 15) is 0 Å². The van der Waals surface area contributed by atoms with Gasteiger partial charge in [-0.25, -0.2) is 0 Å². The zero-order valence-corrected chi connectivity index (χ0v) is 10.1. The van der Waals surface area contributed by atoms with Crippen molar-refractivity contribution in [2.75, 3.05) is 0 Å². The molecule has 1 nitrogen and oxygen atoms in total. The third kappa shape index (κ3) is 2.88. The van der Waals surface area contributed by atoms with Crippen LogP contribution in [0.2, 0.25) is 0 Å². The predicted molar refractivity (Wildman–Crippen MR) is 58.7 cm³/mol. The zero-order valence-electron chi connectivity index (χ0n) is 7.65. The van der Waals surface area contributed by atoms with Crippen molar-refractivity contribution in [2.45, 2.75) is 32.7 Å². The number of halogens is 1. The van der Waals surface area contributed by atoms with Gasteiger partial charge in [0.05, 0.1) is 0 Å². The molecule has 0 unspecified atom stereocenters. The van der Waals surface area contributed by atoms with E-state index in [0.29, 0.717) is 0 Å². The molecule has 0 saturated carbocycles. The lowest BCUT2D eigenvalue weighted by Crippen LogP contribution is -2.33. The summed E-state index contributed by atoms with van der Waals surface area (Å²) in [5.74, 6) is 0. The van der Waals surface area contributed by atoms with E-state index in [1.165, 1.54) is 14.2 Å². The fraction of sp³-hybridized carbons (Fsp3) is 0.556. The quantitative estimate of drug-likeness (QED) is 0.855. The smallest absolute Gasteiger partial charge is 0.0314 e. The second kappa shape index (κ2) is 3.48. The van der Waals surface area contributed by atoms with Gasteiger partial charge in [0.15, 0.2) is 0 Å². The second-order valence-corrected chi connectivity index (χ2v) is 5.98. The number of aryl methyl sites for hydroxylation is 1. The molecule has 1 aromatic rings. The van der Waals surface area contributed by atoms with Crippen LogP contribution in [0.1, 0.15) is 23.6 Å². The van der Waals surface area contributed by atoms with E-state index < -0.39 is 0 Å². The molecular formula is C9H14BrNS. The van der Waals surface area contributed by atoms with Gasteiger partial charge in [-0.1, -0.05) is 0 Å². The van der Waals surface area contributed by atoms with Crippen molar-refractivity contribution in [3.63, 3.8) is 0 Å². The Morgan fingerprint density at radius 3 is 2.50 bits per heavy atom. The molecule has 68 valence electrons. The topological polar surface area (TPSA) is 26.0 Å². The summed E-state index contributed by atoms with van der Waals surface area (Å²) in [5.41, 5.74) is 5.82. The van der Waals surface area contributed by atoms with Crippen molar-refractivity contribution in [1.29, 1.82) is 0 Å². The van der Waals surface area contributed by atoms with E-state index in [1.807, 2.05) is 11.3 Å². The maximum atomic E-state index is 5.92. The van der Waals surface area contributed by atoms with Gasteiger partial charge in [-0.2, -0.15) is 0 Å². The highest BCUT2D eigenvalue weighted by molar-refractivity contribution is 9.10. The monoisotopic (exact) mass is 247 g/mol. The maximum Gasteiger partial charge on any atom is 0.0314 e. The first-order valence-corrected chi connectivity index (χ1v) is 5.53. The molecule has 1 rings (SSSR count). The van der Waals surface area contributed by atoms with Crippen LogP contribution < -0.4 is 5.73 Å². The van der Waals surface area contributed by atoms with Gasteiger partial charge in [0.1, 0.15) is 0 Å².